The topological polar surface area (TPSA) is 66.4 Å². The van der Waals surface area contributed by atoms with E-state index in [-0.39, 0.29) is 17.9 Å². The first-order chi connectivity index (χ1) is 9.88. The lowest BCUT2D eigenvalue weighted by atomic mass is 9.94. The van der Waals surface area contributed by atoms with Crippen LogP contribution in [-0.4, -0.2) is 17.0 Å². The normalized spacial score (nSPS) is 26.3. The number of carbonyl (C=O) groups is 2. The molecule has 4 nitrogen and oxygen atoms in total. The minimum absolute atomic E-state index is 0.167. The van der Waals surface area contributed by atoms with Crippen LogP contribution in [0.15, 0.2) is 24.3 Å². The second kappa shape index (κ2) is 6.48. The molecule has 0 heterocycles. The van der Waals surface area contributed by atoms with E-state index >= 15 is 0 Å². The Morgan fingerprint density at radius 3 is 2.38 bits per heavy atom. The average molecular weight is 310 g/mol. The molecule has 1 aromatic carbocycles. The summed E-state index contributed by atoms with van der Waals surface area (Å²) in [5.74, 6) is -1.79. The molecule has 1 fully saturated rings. The van der Waals surface area contributed by atoms with Crippen LogP contribution in [0.3, 0.4) is 0 Å². The van der Waals surface area contributed by atoms with Crippen molar-refractivity contribution >= 4 is 23.5 Å². The molecule has 21 heavy (non-hydrogen) atoms. The predicted octanol–water partition coefficient (Wildman–Crippen LogP) is 3.26. The first kappa shape index (κ1) is 15.8. The van der Waals surface area contributed by atoms with Crippen molar-refractivity contribution in [3.63, 3.8) is 0 Å². The second-order valence-corrected chi connectivity index (χ2v) is 6.35. The largest absolute Gasteiger partial charge is 0.481 e. The number of aliphatic carboxylic acids is 1. The maximum atomic E-state index is 12.4. The Bertz CT molecular complexity index is 529. The molecule has 5 heteroatoms. The third kappa shape index (κ3) is 3.76. The highest BCUT2D eigenvalue weighted by Crippen LogP contribution is 2.36. The Morgan fingerprint density at radius 1 is 1.24 bits per heavy atom. The fourth-order valence-electron chi connectivity index (χ4n) is 3.01. The highest BCUT2D eigenvalue weighted by atomic mass is 35.5. The fraction of sp³-hybridized carbons (Fsp3) is 0.500. The molecular formula is C16H20ClNO3. The summed E-state index contributed by atoms with van der Waals surface area (Å²) in [6, 6.07) is 7.10. The van der Waals surface area contributed by atoms with E-state index in [2.05, 4.69) is 5.32 Å². The number of nitrogens with one attached hydrogen (secondary N) is 1. The van der Waals surface area contributed by atoms with Crippen molar-refractivity contribution in [2.75, 3.05) is 0 Å². The maximum absolute atomic E-state index is 12.4. The Balaban J connectivity index is 2.03. The van der Waals surface area contributed by atoms with Crippen molar-refractivity contribution in [2.24, 2.45) is 17.8 Å². The van der Waals surface area contributed by atoms with Crippen LogP contribution in [0.2, 0.25) is 5.02 Å². The van der Waals surface area contributed by atoms with Gasteiger partial charge in [-0.05, 0) is 43.4 Å². The van der Waals surface area contributed by atoms with Gasteiger partial charge >= 0.3 is 5.97 Å². The van der Waals surface area contributed by atoms with E-state index in [9.17, 15) is 14.7 Å². The van der Waals surface area contributed by atoms with Crippen molar-refractivity contribution in [3.8, 4) is 0 Å². The number of benzene rings is 1. The molecule has 4 atom stereocenters. The minimum atomic E-state index is -0.876. The highest BCUT2D eigenvalue weighted by Gasteiger charge is 2.41. The van der Waals surface area contributed by atoms with Gasteiger partial charge in [0.1, 0.15) is 0 Å². The summed E-state index contributed by atoms with van der Waals surface area (Å²) in [5.41, 5.74) is 0.950. The van der Waals surface area contributed by atoms with Gasteiger partial charge in [0.05, 0.1) is 17.9 Å². The van der Waals surface area contributed by atoms with Crippen LogP contribution >= 0.6 is 11.6 Å². The third-order valence-corrected chi connectivity index (χ3v) is 4.43. The molecule has 0 radical (unpaired) electrons. The molecule has 1 saturated carbocycles. The van der Waals surface area contributed by atoms with E-state index in [0.717, 1.165) is 5.56 Å². The van der Waals surface area contributed by atoms with Gasteiger partial charge in [0.25, 0.3) is 0 Å². The Hall–Kier alpha value is -1.55. The first-order valence-corrected chi connectivity index (χ1v) is 7.55. The second-order valence-electron chi connectivity index (χ2n) is 5.91. The Kier molecular flexibility index (Phi) is 4.88. The molecule has 0 aliphatic heterocycles. The summed E-state index contributed by atoms with van der Waals surface area (Å²) in [6.45, 7) is 3.88. The van der Waals surface area contributed by atoms with Crippen LogP contribution in [0.5, 0.6) is 0 Å². The van der Waals surface area contributed by atoms with Crippen molar-refractivity contribution in [1.82, 2.24) is 5.32 Å². The predicted molar refractivity (Wildman–Crippen MR) is 81.0 cm³/mol. The van der Waals surface area contributed by atoms with E-state index in [1.54, 1.807) is 12.1 Å². The number of hydrogen-bond acceptors (Lipinski definition) is 2. The SMILES string of the molecule is CC1C[C@H](C(=O)N[C@@H](C)c2ccc(Cl)cc2)[C@H](C(=O)O)C1. The Morgan fingerprint density at radius 2 is 1.81 bits per heavy atom. The number of amides is 1. The minimum Gasteiger partial charge on any atom is -0.481 e. The van der Waals surface area contributed by atoms with Crippen LogP contribution < -0.4 is 5.32 Å². The van der Waals surface area contributed by atoms with Gasteiger partial charge in [-0.15, -0.1) is 0 Å². The van der Waals surface area contributed by atoms with Crippen LogP contribution in [0.1, 0.15) is 38.3 Å². The summed E-state index contributed by atoms with van der Waals surface area (Å²) in [4.78, 5) is 23.6. The molecule has 0 saturated heterocycles. The molecule has 2 N–H and O–H groups in total. The molecular weight excluding hydrogens is 290 g/mol. The van der Waals surface area contributed by atoms with Crippen molar-refractivity contribution in [1.29, 1.82) is 0 Å². The zero-order chi connectivity index (χ0) is 15.6. The van der Waals surface area contributed by atoms with E-state index < -0.39 is 17.8 Å². The van der Waals surface area contributed by atoms with Gasteiger partial charge in [0.15, 0.2) is 0 Å². The molecule has 2 rings (SSSR count). The van der Waals surface area contributed by atoms with Crippen molar-refractivity contribution in [3.05, 3.63) is 34.9 Å². The number of hydrogen-bond donors (Lipinski definition) is 2. The van der Waals surface area contributed by atoms with E-state index in [1.165, 1.54) is 0 Å². The van der Waals surface area contributed by atoms with Crippen LogP contribution in [0.4, 0.5) is 0 Å². The summed E-state index contributed by atoms with van der Waals surface area (Å²) in [5, 5.41) is 12.8. The van der Waals surface area contributed by atoms with Crippen molar-refractivity contribution in [2.45, 2.75) is 32.7 Å². The van der Waals surface area contributed by atoms with E-state index in [4.69, 9.17) is 11.6 Å². The van der Waals surface area contributed by atoms with Crippen LogP contribution in [0.25, 0.3) is 0 Å². The maximum Gasteiger partial charge on any atom is 0.307 e. The highest BCUT2D eigenvalue weighted by molar-refractivity contribution is 6.30. The molecule has 0 aromatic heterocycles. The van der Waals surface area contributed by atoms with Gasteiger partial charge in [-0.3, -0.25) is 9.59 Å². The quantitative estimate of drug-likeness (QED) is 0.897. The zero-order valence-corrected chi connectivity index (χ0v) is 12.9. The van der Waals surface area contributed by atoms with Crippen molar-refractivity contribution < 1.29 is 14.7 Å². The molecule has 114 valence electrons. The molecule has 1 amide bonds. The van der Waals surface area contributed by atoms with Crippen LogP contribution in [-0.2, 0) is 9.59 Å². The van der Waals surface area contributed by atoms with E-state index in [1.807, 2.05) is 26.0 Å². The number of carboxylic acid groups (broad SMARTS) is 1. The molecule has 1 aromatic rings. The monoisotopic (exact) mass is 309 g/mol. The van der Waals surface area contributed by atoms with E-state index in [0.29, 0.717) is 17.9 Å². The smallest absolute Gasteiger partial charge is 0.307 e. The number of halogens is 1. The molecule has 0 spiro atoms. The zero-order valence-electron chi connectivity index (χ0n) is 12.2. The number of carboxylic acids is 1. The lowest BCUT2D eigenvalue weighted by Gasteiger charge is -2.20. The van der Waals surface area contributed by atoms with Gasteiger partial charge in [0, 0.05) is 5.02 Å². The third-order valence-electron chi connectivity index (χ3n) is 4.18. The van der Waals surface area contributed by atoms with Gasteiger partial charge in [0.2, 0.25) is 5.91 Å². The summed E-state index contributed by atoms with van der Waals surface area (Å²) < 4.78 is 0. The van der Waals surface area contributed by atoms with Crippen LogP contribution in [0, 0.1) is 17.8 Å². The molecule has 1 unspecified atom stereocenters. The van der Waals surface area contributed by atoms with Gasteiger partial charge in [-0.25, -0.2) is 0 Å². The summed E-state index contributed by atoms with van der Waals surface area (Å²) in [7, 11) is 0. The lowest BCUT2D eigenvalue weighted by Crippen LogP contribution is -2.36. The number of rotatable bonds is 4. The van der Waals surface area contributed by atoms with Gasteiger partial charge < -0.3 is 10.4 Å². The average Bonchev–Trinajstić information content (AvgIpc) is 2.82. The van der Waals surface area contributed by atoms with Gasteiger partial charge in [-0.1, -0.05) is 30.7 Å². The standard InChI is InChI=1S/C16H20ClNO3/c1-9-7-13(14(8-9)16(20)21)15(19)18-10(2)11-3-5-12(17)6-4-11/h3-6,9-10,13-14H,7-8H2,1-2H3,(H,18,19)(H,20,21)/t9?,10-,13-,14+/m0/s1. The number of carbonyl (C=O) groups excluding carboxylic acids is 1. The fourth-order valence-corrected chi connectivity index (χ4v) is 3.14. The molecule has 0 bridgehead atoms. The summed E-state index contributed by atoms with van der Waals surface area (Å²) in [6.07, 6.45) is 1.21. The first-order valence-electron chi connectivity index (χ1n) is 7.17. The molecule has 1 aliphatic rings. The summed E-state index contributed by atoms with van der Waals surface area (Å²) >= 11 is 5.84. The lowest BCUT2D eigenvalue weighted by molar-refractivity contribution is -0.146. The Labute approximate surface area is 129 Å². The van der Waals surface area contributed by atoms with Gasteiger partial charge in [-0.2, -0.15) is 0 Å². The molecule has 1 aliphatic carbocycles.